The first-order valence-electron chi connectivity index (χ1n) is 5.93. The summed E-state index contributed by atoms with van der Waals surface area (Å²) in [4.78, 5) is 12.0. The number of nitrogens with zero attached hydrogens (tertiary/aromatic N) is 1. The Balaban J connectivity index is 2.11. The van der Waals surface area contributed by atoms with Crippen molar-refractivity contribution in [3.05, 3.63) is 69.0 Å². The predicted molar refractivity (Wildman–Crippen MR) is 78.7 cm³/mol. The van der Waals surface area contributed by atoms with Crippen LogP contribution in [0.1, 0.15) is 21.5 Å². The number of hydrogen-bond acceptors (Lipinski definition) is 2. The number of nitrogens with one attached hydrogen (secondary N) is 1. The van der Waals surface area contributed by atoms with Crippen LogP contribution in [0.2, 0.25) is 10.0 Å². The molecule has 0 saturated heterocycles. The van der Waals surface area contributed by atoms with Gasteiger partial charge in [0.15, 0.2) is 0 Å². The van der Waals surface area contributed by atoms with Crippen molar-refractivity contribution in [1.82, 2.24) is 5.32 Å². The van der Waals surface area contributed by atoms with Gasteiger partial charge in [-0.3, -0.25) is 4.79 Å². The molecule has 2 aromatic rings. The van der Waals surface area contributed by atoms with Crippen LogP contribution in [0.3, 0.4) is 0 Å². The number of hydrogen-bond donors (Lipinski definition) is 1. The molecular weight excluding hydrogens is 314 g/mol. The minimum absolute atomic E-state index is 0.0147. The maximum atomic E-state index is 13.7. The summed E-state index contributed by atoms with van der Waals surface area (Å²) in [5.41, 5.74) is 0.721. The lowest BCUT2D eigenvalue weighted by Gasteiger charge is -2.08. The van der Waals surface area contributed by atoms with Gasteiger partial charge in [-0.25, -0.2) is 4.39 Å². The van der Waals surface area contributed by atoms with Gasteiger partial charge in [-0.05, 0) is 30.3 Å². The SMILES string of the molecule is N#Cc1ccc(CNC(=O)c2cc(Cl)ccc2Cl)c(F)c1. The van der Waals surface area contributed by atoms with Crippen molar-refractivity contribution in [2.24, 2.45) is 0 Å². The zero-order valence-corrected chi connectivity index (χ0v) is 12.2. The van der Waals surface area contributed by atoms with Crippen molar-refractivity contribution in [3.63, 3.8) is 0 Å². The molecule has 0 bridgehead atoms. The lowest BCUT2D eigenvalue weighted by molar-refractivity contribution is 0.0950. The van der Waals surface area contributed by atoms with Gasteiger partial charge in [0.05, 0.1) is 22.2 Å². The third-order valence-corrected chi connectivity index (χ3v) is 3.36. The Kier molecular flexibility index (Phi) is 4.79. The van der Waals surface area contributed by atoms with E-state index in [1.807, 2.05) is 6.07 Å². The molecule has 0 aromatic heterocycles. The van der Waals surface area contributed by atoms with Crippen LogP contribution in [0.5, 0.6) is 0 Å². The van der Waals surface area contributed by atoms with Gasteiger partial charge in [0, 0.05) is 17.1 Å². The molecule has 0 unspecified atom stereocenters. The average molecular weight is 323 g/mol. The molecule has 0 fully saturated rings. The van der Waals surface area contributed by atoms with Crippen LogP contribution >= 0.6 is 23.2 Å². The summed E-state index contributed by atoms with van der Waals surface area (Å²) >= 11 is 11.7. The zero-order valence-electron chi connectivity index (χ0n) is 10.7. The number of carbonyl (C=O) groups is 1. The Hall–Kier alpha value is -2.09. The minimum atomic E-state index is -0.549. The van der Waals surface area contributed by atoms with E-state index in [0.717, 1.165) is 6.07 Å². The monoisotopic (exact) mass is 322 g/mol. The van der Waals surface area contributed by atoms with Gasteiger partial charge >= 0.3 is 0 Å². The molecule has 0 aliphatic rings. The molecule has 2 aromatic carbocycles. The molecule has 2 rings (SSSR count). The number of benzene rings is 2. The second-order valence-electron chi connectivity index (χ2n) is 4.22. The van der Waals surface area contributed by atoms with Crippen molar-refractivity contribution >= 4 is 29.1 Å². The van der Waals surface area contributed by atoms with Crippen LogP contribution < -0.4 is 5.32 Å². The first-order chi connectivity index (χ1) is 10.0. The van der Waals surface area contributed by atoms with Gasteiger partial charge < -0.3 is 5.32 Å². The van der Waals surface area contributed by atoms with E-state index in [1.165, 1.54) is 24.3 Å². The summed E-state index contributed by atoms with van der Waals surface area (Å²) in [6, 6.07) is 10.4. The third kappa shape index (κ3) is 3.72. The van der Waals surface area contributed by atoms with Gasteiger partial charge in [-0.1, -0.05) is 29.3 Å². The van der Waals surface area contributed by atoms with Gasteiger partial charge in [0.2, 0.25) is 0 Å². The fourth-order valence-electron chi connectivity index (χ4n) is 1.70. The van der Waals surface area contributed by atoms with Gasteiger partial charge in [-0.15, -0.1) is 0 Å². The van der Waals surface area contributed by atoms with E-state index < -0.39 is 11.7 Å². The van der Waals surface area contributed by atoms with Gasteiger partial charge in [0.1, 0.15) is 5.82 Å². The number of rotatable bonds is 3. The first-order valence-corrected chi connectivity index (χ1v) is 6.68. The molecule has 0 heterocycles. The predicted octanol–water partition coefficient (Wildman–Crippen LogP) is 3.93. The zero-order chi connectivity index (χ0) is 15.4. The molecule has 0 aliphatic heterocycles. The Morgan fingerprint density at radius 2 is 2.00 bits per heavy atom. The quantitative estimate of drug-likeness (QED) is 0.930. The molecular formula is C15H9Cl2FN2O. The van der Waals surface area contributed by atoms with E-state index in [-0.39, 0.29) is 28.3 Å². The van der Waals surface area contributed by atoms with E-state index in [2.05, 4.69) is 5.32 Å². The summed E-state index contributed by atoms with van der Waals surface area (Å²) in [5, 5.41) is 11.9. The molecule has 21 heavy (non-hydrogen) atoms. The van der Waals surface area contributed by atoms with Crippen LogP contribution in [-0.2, 0) is 6.54 Å². The second-order valence-corrected chi connectivity index (χ2v) is 5.07. The molecule has 0 radical (unpaired) electrons. The molecule has 0 saturated carbocycles. The fourth-order valence-corrected chi connectivity index (χ4v) is 2.08. The Labute approximate surface area is 130 Å². The van der Waals surface area contributed by atoms with Gasteiger partial charge in [-0.2, -0.15) is 5.26 Å². The third-order valence-electron chi connectivity index (χ3n) is 2.79. The van der Waals surface area contributed by atoms with Gasteiger partial charge in [0.25, 0.3) is 5.91 Å². The molecule has 1 N–H and O–H groups in total. The minimum Gasteiger partial charge on any atom is -0.348 e. The summed E-state index contributed by atoms with van der Waals surface area (Å²) in [7, 11) is 0. The van der Waals surface area contributed by atoms with E-state index >= 15 is 0 Å². The number of carbonyl (C=O) groups excluding carboxylic acids is 1. The summed E-state index contributed by atoms with van der Waals surface area (Å²) < 4.78 is 13.7. The molecule has 0 atom stereocenters. The van der Waals surface area contributed by atoms with E-state index in [9.17, 15) is 9.18 Å². The highest BCUT2D eigenvalue weighted by Crippen LogP contribution is 2.20. The maximum Gasteiger partial charge on any atom is 0.253 e. The molecule has 106 valence electrons. The Morgan fingerprint density at radius 3 is 2.67 bits per heavy atom. The lowest BCUT2D eigenvalue weighted by atomic mass is 10.1. The molecule has 1 amide bonds. The average Bonchev–Trinajstić information content (AvgIpc) is 2.48. The van der Waals surface area contributed by atoms with Crippen molar-refractivity contribution < 1.29 is 9.18 Å². The fraction of sp³-hybridized carbons (Fsp3) is 0.0667. The first kappa shape index (κ1) is 15.3. The van der Waals surface area contributed by atoms with Crippen molar-refractivity contribution in [3.8, 4) is 6.07 Å². The topological polar surface area (TPSA) is 52.9 Å². The van der Waals surface area contributed by atoms with Crippen molar-refractivity contribution in [1.29, 1.82) is 5.26 Å². The summed E-state index contributed by atoms with van der Waals surface area (Å²) in [6.45, 7) is -0.0147. The number of halogens is 3. The smallest absolute Gasteiger partial charge is 0.253 e. The summed E-state index contributed by atoms with van der Waals surface area (Å²) in [5.74, 6) is -1.00. The normalized spacial score (nSPS) is 10.0. The number of amides is 1. The standard InChI is InChI=1S/C15H9Cl2FN2O/c16-11-3-4-13(17)12(6-11)15(21)20-8-10-2-1-9(7-19)5-14(10)18/h1-6H,8H2,(H,20,21). The maximum absolute atomic E-state index is 13.7. The molecule has 3 nitrogen and oxygen atoms in total. The van der Waals surface area contributed by atoms with Crippen LogP contribution in [0.25, 0.3) is 0 Å². The van der Waals surface area contributed by atoms with Crippen molar-refractivity contribution in [2.45, 2.75) is 6.54 Å². The molecule has 6 heteroatoms. The van der Waals surface area contributed by atoms with E-state index in [4.69, 9.17) is 28.5 Å². The highest BCUT2D eigenvalue weighted by atomic mass is 35.5. The van der Waals surface area contributed by atoms with Crippen LogP contribution in [0.4, 0.5) is 4.39 Å². The Bertz CT molecular complexity index is 741. The molecule has 0 spiro atoms. The largest absolute Gasteiger partial charge is 0.348 e. The van der Waals surface area contributed by atoms with E-state index in [1.54, 1.807) is 6.07 Å². The lowest BCUT2D eigenvalue weighted by Crippen LogP contribution is -2.23. The highest BCUT2D eigenvalue weighted by Gasteiger charge is 2.12. The number of nitriles is 1. The van der Waals surface area contributed by atoms with E-state index in [0.29, 0.717) is 5.02 Å². The van der Waals surface area contributed by atoms with Crippen molar-refractivity contribution in [2.75, 3.05) is 0 Å². The highest BCUT2D eigenvalue weighted by molar-refractivity contribution is 6.35. The van der Waals surface area contributed by atoms with Crippen LogP contribution in [-0.4, -0.2) is 5.91 Å². The summed E-state index contributed by atoms with van der Waals surface area (Å²) in [6.07, 6.45) is 0. The molecule has 0 aliphatic carbocycles. The van der Waals surface area contributed by atoms with Crippen LogP contribution in [0.15, 0.2) is 36.4 Å². The second kappa shape index (κ2) is 6.57. The van der Waals surface area contributed by atoms with Crippen LogP contribution in [0, 0.1) is 17.1 Å². The Morgan fingerprint density at radius 1 is 1.24 bits per heavy atom.